The Hall–Kier alpha value is -3.60. The molecule has 0 atom stereocenters. The zero-order chi connectivity index (χ0) is 19.9. The van der Waals surface area contributed by atoms with E-state index < -0.39 is 0 Å². The molecule has 0 aliphatic carbocycles. The molecule has 0 aliphatic rings. The lowest BCUT2D eigenvalue weighted by Crippen LogP contribution is -2.14. The average molecular weight is 374 g/mol. The Labute approximate surface area is 164 Å². The molecule has 0 fully saturated rings. The number of methoxy groups -OCH3 is 1. The molecule has 28 heavy (non-hydrogen) atoms. The number of ketones is 1. The molecule has 0 unspecified atom stereocenters. The number of anilines is 3. The summed E-state index contributed by atoms with van der Waals surface area (Å²) in [6, 6.07) is 22.2. The summed E-state index contributed by atoms with van der Waals surface area (Å²) in [7, 11) is 1.61. The predicted octanol–water partition coefficient (Wildman–Crippen LogP) is 4.82. The van der Waals surface area contributed by atoms with Crippen molar-refractivity contribution < 1.29 is 14.3 Å². The minimum Gasteiger partial charge on any atom is -0.497 e. The second-order valence-corrected chi connectivity index (χ2v) is 6.41. The van der Waals surface area contributed by atoms with Gasteiger partial charge in [-0.25, -0.2) is 0 Å². The largest absolute Gasteiger partial charge is 0.497 e. The third kappa shape index (κ3) is 5.20. The lowest BCUT2D eigenvalue weighted by molar-refractivity contribution is -0.115. The number of rotatable bonds is 7. The fraction of sp³-hybridized carbons (Fsp3) is 0.130. The van der Waals surface area contributed by atoms with E-state index in [0.29, 0.717) is 12.0 Å². The first-order valence-electron chi connectivity index (χ1n) is 8.94. The lowest BCUT2D eigenvalue weighted by atomic mass is 10.1. The van der Waals surface area contributed by atoms with Crippen molar-refractivity contribution in [1.29, 1.82) is 0 Å². The summed E-state index contributed by atoms with van der Waals surface area (Å²) in [5, 5.41) is 6.15. The maximum absolute atomic E-state index is 12.2. The van der Waals surface area contributed by atoms with E-state index in [1.165, 1.54) is 0 Å². The zero-order valence-corrected chi connectivity index (χ0v) is 15.9. The number of hydrogen-bond acceptors (Lipinski definition) is 4. The fourth-order valence-electron chi connectivity index (χ4n) is 2.75. The molecular weight excluding hydrogens is 352 g/mol. The average Bonchev–Trinajstić information content (AvgIpc) is 2.70. The zero-order valence-electron chi connectivity index (χ0n) is 15.9. The molecule has 0 saturated heterocycles. The molecule has 5 heteroatoms. The van der Waals surface area contributed by atoms with Gasteiger partial charge in [0.15, 0.2) is 5.78 Å². The third-order valence-corrected chi connectivity index (χ3v) is 4.25. The molecule has 0 saturated carbocycles. The first-order chi connectivity index (χ1) is 13.5. The second kappa shape index (κ2) is 8.86. The molecule has 2 N–H and O–H groups in total. The van der Waals surface area contributed by atoms with E-state index >= 15 is 0 Å². The maximum Gasteiger partial charge on any atom is 0.228 e. The monoisotopic (exact) mass is 374 g/mol. The molecule has 0 radical (unpaired) electrons. The van der Waals surface area contributed by atoms with Crippen molar-refractivity contribution in [2.75, 3.05) is 17.7 Å². The Morgan fingerprint density at radius 2 is 1.54 bits per heavy atom. The smallest absolute Gasteiger partial charge is 0.228 e. The Bertz CT molecular complexity index is 964. The molecule has 0 aromatic heterocycles. The van der Waals surface area contributed by atoms with E-state index in [-0.39, 0.29) is 11.7 Å². The maximum atomic E-state index is 12.2. The number of carbonyl (C=O) groups is 2. The molecule has 142 valence electrons. The van der Waals surface area contributed by atoms with Gasteiger partial charge < -0.3 is 15.4 Å². The van der Waals surface area contributed by atoms with Gasteiger partial charge in [0, 0.05) is 22.6 Å². The second-order valence-electron chi connectivity index (χ2n) is 6.41. The van der Waals surface area contributed by atoms with Gasteiger partial charge in [-0.05, 0) is 61.0 Å². The number of ether oxygens (including phenoxy) is 1. The molecule has 0 bridgehead atoms. The van der Waals surface area contributed by atoms with Gasteiger partial charge in [0.1, 0.15) is 5.75 Å². The van der Waals surface area contributed by atoms with Gasteiger partial charge in [-0.2, -0.15) is 0 Å². The summed E-state index contributed by atoms with van der Waals surface area (Å²) < 4.78 is 5.12. The van der Waals surface area contributed by atoms with Crippen molar-refractivity contribution in [3.05, 3.63) is 83.9 Å². The highest BCUT2D eigenvalue weighted by Crippen LogP contribution is 2.20. The van der Waals surface area contributed by atoms with E-state index in [1.54, 1.807) is 20.1 Å². The lowest BCUT2D eigenvalue weighted by Gasteiger charge is -2.10. The molecular formula is C23H22N2O3. The number of Topliss-reactive ketones (excluding diaryl/α,β-unsaturated/α-hetero) is 1. The van der Waals surface area contributed by atoms with E-state index in [9.17, 15) is 9.59 Å². The first kappa shape index (κ1) is 19.2. The van der Waals surface area contributed by atoms with Crippen LogP contribution in [0.5, 0.6) is 5.75 Å². The Kier molecular flexibility index (Phi) is 6.07. The minimum absolute atomic E-state index is 0.0265. The highest BCUT2D eigenvalue weighted by molar-refractivity contribution is 5.95. The van der Waals surface area contributed by atoms with Crippen LogP contribution in [0, 0.1) is 0 Å². The van der Waals surface area contributed by atoms with Crippen molar-refractivity contribution in [1.82, 2.24) is 0 Å². The van der Waals surface area contributed by atoms with Crippen LogP contribution in [0.4, 0.5) is 17.1 Å². The normalized spacial score (nSPS) is 10.2. The number of carbonyl (C=O) groups excluding carboxylic acids is 2. The van der Waals surface area contributed by atoms with Crippen molar-refractivity contribution in [2.45, 2.75) is 13.3 Å². The molecule has 3 aromatic rings. The van der Waals surface area contributed by atoms with Gasteiger partial charge in [-0.1, -0.05) is 24.3 Å². The highest BCUT2D eigenvalue weighted by atomic mass is 16.5. The minimum atomic E-state index is -0.0833. The molecule has 1 amide bonds. The highest BCUT2D eigenvalue weighted by Gasteiger charge is 2.05. The summed E-state index contributed by atoms with van der Waals surface area (Å²) in [4.78, 5) is 23.7. The van der Waals surface area contributed by atoms with Crippen molar-refractivity contribution >= 4 is 28.8 Å². The molecule has 0 aliphatic heterocycles. The topological polar surface area (TPSA) is 67.4 Å². The van der Waals surface area contributed by atoms with Crippen LogP contribution in [-0.2, 0) is 11.2 Å². The first-order valence-corrected chi connectivity index (χ1v) is 8.94. The number of nitrogens with one attached hydrogen (secondary N) is 2. The number of amides is 1. The molecule has 3 rings (SSSR count). The van der Waals surface area contributed by atoms with Crippen LogP contribution in [-0.4, -0.2) is 18.8 Å². The van der Waals surface area contributed by atoms with Crippen LogP contribution in [0.15, 0.2) is 72.8 Å². The number of benzene rings is 3. The Balaban J connectivity index is 1.58. The van der Waals surface area contributed by atoms with Crippen LogP contribution in [0.3, 0.4) is 0 Å². The van der Waals surface area contributed by atoms with Gasteiger partial charge >= 0.3 is 0 Å². The third-order valence-electron chi connectivity index (χ3n) is 4.25. The fourth-order valence-corrected chi connectivity index (χ4v) is 2.75. The van der Waals surface area contributed by atoms with Crippen LogP contribution >= 0.6 is 0 Å². The number of hydrogen-bond donors (Lipinski definition) is 2. The Morgan fingerprint density at radius 1 is 0.857 bits per heavy atom. The molecule has 5 nitrogen and oxygen atoms in total. The Morgan fingerprint density at radius 3 is 2.18 bits per heavy atom. The standard InChI is InChI=1S/C23H22N2O3/c1-16(26)18-4-3-5-21(15-18)24-19-8-10-20(11-9-19)25-23(27)14-17-6-12-22(28-2)13-7-17/h3-13,15,24H,14H2,1-2H3,(H,25,27). The van der Waals surface area contributed by atoms with Crippen LogP contribution in [0.2, 0.25) is 0 Å². The van der Waals surface area contributed by atoms with Gasteiger partial charge in [-0.15, -0.1) is 0 Å². The van der Waals surface area contributed by atoms with E-state index in [2.05, 4.69) is 10.6 Å². The van der Waals surface area contributed by atoms with Crippen LogP contribution in [0.25, 0.3) is 0 Å². The van der Waals surface area contributed by atoms with Gasteiger partial charge in [-0.3, -0.25) is 9.59 Å². The van der Waals surface area contributed by atoms with Crippen molar-refractivity contribution in [2.24, 2.45) is 0 Å². The van der Waals surface area contributed by atoms with Crippen LogP contribution in [0.1, 0.15) is 22.8 Å². The van der Waals surface area contributed by atoms with Gasteiger partial charge in [0.2, 0.25) is 5.91 Å². The predicted molar refractivity (Wildman–Crippen MR) is 111 cm³/mol. The summed E-state index contributed by atoms with van der Waals surface area (Å²) in [5.74, 6) is 0.708. The molecule has 3 aromatic carbocycles. The molecule has 0 spiro atoms. The van der Waals surface area contributed by atoms with E-state index in [1.807, 2.05) is 66.7 Å². The summed E-state index contributed by atoms with van der Waals surface area (Å²) in [5.41, 5.74) is 4.01. The van der Waals surface area contributed by atoms with Crippen molar-refractivity contribution in [3.8, 4) is 5.75 Å². The molecule has 0 heterocycles. The van der Waals surface area contributed by atoms with Gasteiger partial charge in [0.05, 0.1) is 13.5 Å². The van der Waals surface area contributed by atoms with E-state index in [0.717, 1.165) is 28.4 Å². The van der Waals surface area contributed by atoms with E-state index in [4.69, 9.17) is 4.74 Å². The SMILES string of the molecule is COc1ccc(CC(=O)Nc2ccc(Nc3cccc(C(C)=O)c3)cc2)cc1. The summed E-state index contributed by atoms with van der Waals surface area (Å²) >= 11 is 0. The summed E-state index contributed by atoms with van der Waals surface area (Å²) in [6.07, 6.45) is 0.293. The van der Waals surface area contributed by atoms with Crippen molar-refractivity contribution in [3.63, 3.8) is 0 Å². The van der Waals surface area contributed by atoms with Gasteiger partial charge in [0.25, 0.3) is 0 Å². The quantitative estimate of drug-likeness (QED) is 0.582. The van der Waals surface area contributed by atoms with Crippen LogP contribution < -0.4 is 15.4 Å². The summed E-state index contributed by atoms with van der Waals surface area (Å²) in [6.45, 7) is 1.54.